The number of carbonyl (C=O) groups excluding carboxylic acids is 1. The molecule has 1 amide bonds. The van der Waals surface area contributed by atoms with Gasteiger partial charge in [0.05, 0.1) is 12.2 Å². The number of carbonyl (C=O) groups is 1. The number of nitrogens with one attached hydrogen (secondary N) is 1. The number of amides is 1. The second kappa shape index (κ2) is 4.61. The molecule has 0 spiro atoms. The van der Waals surface area contributed by atoms with Crippen LogP contribution in [0.2, 0.25) is 0 Å². The van der Waals surface area contributed by atoms with Crippen LogP contribution in [-0.4, -0.2) is 17.1 Å². The van der Waals surface area contributed by atoms with Crippen LogP contribution in [0.5, 0.6) is 0 Å². The number of aromatic nitrogens is 1. The van der Waals surface area contributed by atoms with E-state index in [2.05, 4.69) is 15.0 Å². The summed E-state index contributed by atoms with van der Waals surface area (Å²) in [5, 5.41) is 6.04. The molecule has 1 rings (SSSR count). The summed E-state index contributed by atoms with van der Waals surface area (Å²) in [6, 6.07) is -0.458. The van der Waals surface area contributed by atoms with Crippen molar-refractivity contribution >= 4 is 11.6 Å². The molecule has 0 aliphatic rings. The molecule has 5 heteroatoms. The van der Waals surface area contributed by atoms with Crippen molar-refractivity contribution < 1.29 is 9.32 Å². The van der Waals surface area contributed by atoms with Gasteiger partial charge in [-0.05, 0) is 6.42 Å². The minimum Gasteiger partial charge on any atom is -0.363 e. The van der Waals surface area contributed by atoms with E-state index in [1.165, 1.54) is 12.5 Å². The van der Waals surface area contributed by atoms with Crippen molar-refractivity contribution in [1.82, 2.24) is 5.16 Å². The van der Waals surface area contributed by atoms with E-state index < -0.39 is 6.04 Å². The lowest BCUT2D eigenvalue weighted by Gasteiger charge is -2.08. The predicted octanol–water partition coefficient (Wildman–Crippen LogP) is 0.740. The molecule has 1 atom stereocenters. The highest BCUT2D eigenvalue weighted by molar-refractivity contribution is 5.94. The van der Waals surface area contributed by atoms with Gasteiger partial charge in [-0.3, -0.25) is 4.79 Å². The summed E-state index contributed by atoms with van der Waals surface area (Å²) in [5.41, 5.74) is 6.12. The van der Waals surface area contributed by atoms with Crippen molar-refractivity contribution in [2.24, 2.45) is 5.73 Å². The summed E-state index contributed by atoms with van der Waals surface area (Å²) in [6.45, 7) is 1.98. The van der Waals surface area contributed by atoms with E-state index >= 15 is 0 Å². The third-order valence-corrected chi connectivity index (χ3v) is 1.64. The van der Waals surface area contributed by atoms with Crippen LogP contribution in [-0.2, 0) is 4.79 Å². The van der Waals surface area contributed by atoms with E-state index in [1.54, 1.807) is 0 Å². The summed E-state index contributed by atoms with van der Waals surface area (Å²) >= 11 is 0. The molecular formula is C8H13N3O2. The smallest absolute Gasteiger partial charge is 0.241 e. The van der Waals surface area contributed by atoms with E-state index in [0.717, 1.165) is 6.42 Å². The summed E-state index contributed by atoms with van der Waals surface area (Å²) in [6.07, 6.45) is 4.35. The largest absolute Gasteiger partial charge is 0.363 e. The molecule has 3 N–H and O–H groups in total. The second-order valence-electron chi connectivity index (χ2n) is 2.80. The fraction of sp³-hybridized carbons (Fsp3) is 0.500. The van der Waals surface area contributed by atoms with Gasteiger partial charge >= 0.3 is 0 Å². The molecule has 13 heavy (non-hydrogen) atoms. The number of nitrogens with zero attached hydrogens (tertiary/aromatic N) is 1. The number of hydrogen-bond acceptors (Lipinski definition) is 4. The fourth-order valence-electron chi connectivity index (χ4n) is 0.944. The normalized spacial score (nSPS) is 12.5. The molecule has 1 heterocycles. The first kappa shape index (κ1) is 9.73. The lowest BCUT2D eigenvalue weighted by atomic mass is 10.2. The Morgan fingerprint density at radius 3 is 3.15 bits per heavy atom. The van der Waals surface area contributed by atoms with E-state index in [-0.39, 0.29) is 5.91 Å². The van der Waals surface area contributed by atoms with Crippen LogP contribution in [0.15, 0.2) is 17.0 Å². The van der Waals surface area contributed by atoms with E-state index in [1.807, 2.05) is 6.92 Å². The molecule has 0 bridgehead atoms. The van der Waals surface area contributed by atoms with Crippen molar-refractivity contribution in [3.8, 4) is 0 Å². The summed E-state index contributed by atoms with van der Waals surface area (Å²) in [5.74, 6) is -0.204. The van der Waals surface area contributed by atoms with Gasteiger partial charge in [-0.1, -0.05) is 18.5 Å². The SMILES string of the molecule is CCC[C@H](N)C(=O)Nc1cnoc1. The Hall–Kier alpha value is -1.36. The third kappa shape index (κ3) is 2.87. The highest BCUT2D eigenvalue weighted by atomic mass is 16.5. The van der Waals surface area contributed by atoms with Crippen LogP contribution < -0.4 is 11.1 Å². The van der Waals surface area contributed by atoms with Gasteiger partial charge in [-0.25, -0.2) is 0 Å². The van der Waals surface area contributed by atoms with Gasteiger partial charge in [-0.2, -0.15) is 0 Å². The lowest BCUT2D eigenvalue weighted by molar-refractivity contribution is -0.117. The Kier molecular flexibility index (Phi) is 3.45. The van der Waals surface area contributed by atoms with Crippen LogP contribution in [0.25, 0.3) is 0 Å². The predicted molar refractivity (Wildman–Crippen MR) is 48.0 cm³/mol. The number of anilines is 1. The fourth-order valence-corrected chi connectivity index (χ4v) is 0.944. The Balaban J connectivity index is 2.41. The first-order valence-corrected chi connectivity index (χ1v) is 4.20. The molecule has 0 saturated carbocycles. The summed E-state index contributed by atoms with van der Waals surface area (Å²) in [7, 11) is 0. The van der Waals surface area contributed by atoms with Gasteiger partial charge in [0, 0.05) is 0 Å². The Bertz CT molecular complexity index is 258. The minimum atomic E-state index is -0.458. The molecule has 1 aromatic rings. The maximum atomic E-state index is 11.3. The van der Waals surface area contributed by atoms with Gasteiger partial charge in [0.1, 0.15) is 12.0 Å². The average molecular weight is 183 g/mol. The van der Waals surface area contributed by atoms with Crippen molar-refractivity contribution in [3.63, 3.8) is 0 Å². The summed E-state index contributed by atoms with van der Waals surface area (Å²) < 4.78 is 4.55. The van der Waals surface area contributed by atoms with Crippen molar-refractivity contribution in [3.05, 3.63) is 12.5 Å². The molecule has 72 valence electrons. The van der Waals surface area contributed by atoms with Crippen LogP contribution >= 0.6 is 0 Å². The number of hydrogen-bond donors (Lipinski definition) is 2. The van der Waals surface area contributed by atoms with E-state index in [9.17, 15) is 4.79 Å². The standard InChI is InChI=1S/C8H13N3O2/c1-2-3-7(9)8(12)11-6-4-10-13-5-6/h4-5,7H,2-3,9H2,1H3,(H,11,12)/t7-/m0/s1. The Morgan fingerprint density at radius 2 is 2.62 bits per heavy atom. The third-order valence-electron chi connectivity index (χ3n) is 1.64. The zero-order valence-corrected chi connectivity index (χ0v) is 7.49. The Morgan fingerprint density at radius 1 is 1.85 bits per heavy atom. The maximum Gasteiger partial charge on any atom is 0.241 e. The highest BCUT2D eigenvalue weighted by Crippen LogP contribution is 2.05. The van der Waals surface area contributed by atoms with E-state index in [4.69, 9.17) is 5.73 Å². The lowest BCUT2D eigenvalue weighted by Crippen LogP contribution is -2.35. The molecule has 1 aromatic heterocycles. The van der Waals surface area contributed by atoms with Crippen molar-refractivity contribution in [2.45, 2.75) is 25.8 Å². The quantitative estimate of drug-likeness (QED) is 0.721. The molecule has 0 unspecified atom stereocenters. The average Bonchev–Trinajstić information content (AvgIpc) is 2.57. The molecule has 0 saturated heterocycles. The van der Waals surface area contributed by atoms with Gasteiger partial charge in [0.15, 0.2) is 0 Å². The van der Waals surface area contributed by atoms with Crippen molar-refractivity contribution in [2.75, 3.05) is 5.32 Å². The van der Waals surface area contributed by atoms with Gasteiger partial charge in [-0.15, -0.1) is 0 Å². The van der Waals surface area contributed by atoms with Gasteiger partial charge < -0.3 is 15.6 Å². The zero-order valence-electron chi connectivity index (χ0n) is 7.49. The Labute approximate surface area is 76.3 Å². The first-order chi connectivity index (χ1) is 6.24. The molecule has 0 fully saturated rings. The van der Waals surface area contributed by atoms with Gasteiger partial charge in [0.2, 0.25) is 5.91 Å². The van der Waals surface area contributed by atoms with E-state index in [0.29, 0.717) is 12.1 Å². The van der Waals surface area contributed by atoms with Crippen LogP contribution in [0.4, 0.5) is 5.69 Å². The summed E-state index contributed by atoms with van der Waals surface area (Å²) in [4.78, 5) is 11.3. The monoisotopic (exact) mass is 183 g/mol. The maximum absolute atomic E-state index is 11.3. The van der Waals surface area contributed by atoms with Crippen LogP contribution in [0, 0.1) is 0 Å². The molecule has 0 radical (unpaired) electrons. The van der Waals surface area contributed by atoms with Crippen LogP contribution in [0.1, 0.15) is 19.8 Å². The zero-order chi connectivity index (χ0) is 9.68. The number of nitrogens with two attached hydrogens (primary N) is 1. The van der Waals surface area contributed by atoms with Crippen LogP contribution in [0.3, 0.4) is 0 Å². The molecule has 0 aliphatic carbocycles. The topological polar surface area (TPSA) is 81.2 Å². The number of rotatable bonds is 4. The highest BCUT2D eigenvalue weighted by Gasteiger charge is 2.12. The molecule has 5 nitrogen and oxygen atoms in total. The minimum absolute atomic E-state index is 0.204. The molecule has 0 aromatic carbocycles. The van der Waals surface area contributed by atoms with Gasteiger partial charge in [0.25, 0.3) is 0 Å². The molecule has 0 aliphatic heterocycles. The first-order valence-electron chi connectivity index (χ1n) is 4.20. The van der Waals surface area contributed by atoms with Crippen molar-refractivity contribution in [1.29, 1.82) is 0 Å². The second-order valence-corrected chi connectivity index (χ2v) is 2.80. The molecular weight excluding hydrogens is 170 g/mol.